The predicted octanol–water partition coefficient (Wildman–Crippen LogP) is 2.82. The number of Topliss-reactive ketones (excluding diaryl/α,β-unsaturated/α-hetero) is 4. The summed E-state index contributed by atoms with van der Waals surface area (Å²) in [6.07, 6.45) is 0. The van der Waals surface area contributed by atoms with E-state index in [-0.39, 0.29) is 10.6 Å². The smallest absolute Gasteiger partial charge is 0.281 e. The van der Waals surface area contributed by atoms with Crippen molar-refractivity contribution in [2.45, 2.75) is 27.7 Å². The maximum absolute atomic E-state index is 12.8. The normalized spacial score (nSPS) is 19.8. The van der Waals surface area contributed by atoms with Crippen LogP contribution >= 0.6 is 11.6 Å². The number of halogens is 1. The van der Waals surface area contributed by atoms with Crippen LogP contribution in [-0.2, 0) is 14.4 Å². The van der Waals surface area contributed by atoms with Crippen molar-refractivity contribution in [2.24, 2.45) is 16.7 Å². The third-order valence-electron chi connectivity index (χ3n) is 4.58. The van der Waals surface area contributed by atoms with Crippen LogP contribution in [0.4, 0.5) is 5.69 Å². The zero-order valence-electron chi connectivity index (χ0n) is 14.1. The molecule has 2 rings (SSSR count). The van der Waals surface area contributed by atoms with Gasteiger partial charge in [0.25, 0.3) is 5.69 Å². The summed E-state index contributed by atoms with van der Waals surface area (Å²) in [5.74, 6) is -5.04. The summed E-state index contributed by atoms with van der Waals surface area (Å²) < 4.78 is 0. The number of nitrogens with zero attached hydrogens (tertiary/aromatic N) is 1. The first-order chi connectivity index (χ1) is 11.3. The molecule has 0 aromatic heterocycles. The molecule has 0 atom stereocenters. The van der Waals surface area contributed by atoms with E-state index in [1.807, 2.05) is 0 Å². The molecule has 0 N–H and O–H groups in total. The molecule has 1 fully saturated rings. The van der Waals surface area contributed by atoms with Gasteiger partial charge in [-0.1, -0.05) is 11.6 Å². The molecule has 132 valence electrons. The molecule has 1 aliphatic carbocycles. The molecule has 0 aliphatic heterocycles. The highest BCUT2D eigenvalue weighted by Crippen LogP contribution is 2.42. The Balaban J connectivity index is 2.63. The van der Waals surface area contributed by atoms with Crippen LogP contribution < -0.4 is 0 Å². The van der Waals surface area contributed by atoms with Gasteiger partial charge in [-0.3, -0.25) is 29.3 Å². The number of benzene rings is 1. The first-order valence-corrected chi connectivity index (χ1v) is 7.83. The molecule has 8 heteroatoms. The third-order valence-corrected chi connectivity index (χ3v) is 4.81. The Morgan fingerprint density at radius 2 is 1.56 bits per heavy atom. The lowest BCUT2D eigenvalue weighted by atomic mass is 9.57. The Labute approximate surface area is 148 Å². The van der Waals surface area contributed by atoms with Crippen LogP contribution in [0.15, 0.2) is 18.2 Å². The monoisotopic (exact) mass is 365 g/mol. The van der Waals surface area contributed by atoms with E-state index < -0.39 is 50.5 Å². The van der Waals surface area contributed by atoms with Crippen LogP contribution in [-0.4, -0.2) is 28.1 Å². The predicted molar refractivity (Wildman–Crippen MR) is 88.5 cm³/mol. The zero-order chi connectivity index (χ0) is 19.3. The number of rotatable bonds is 3. The van der Waals surface area contributed by atoms with Gasteiger partial charge in [0.05, 0.1) is 21.3 Å². The first kappa shape index (κ1) is 18.9. The quantitative estimate of drug-likeness (QED) is 0.352. The lowest BCUT2D eigenvalue weighted by molar-refractivity contribution is -0.385. The van der Waals surface area contributed by atoms with Crippen molar-refractivity contribution in [1.29, 1.82) is 0 Å². The average molecular weight is 366 g/mol. The Bertz CT molecular complexity index is 810. The van der Waals surface area contributed by atoms with Crippen molar-refractivity contribution in [3.63, 3.8) is 0 Å². The molecule has 7 nitrogen and oxygen atoms in total. The van der Waals surface area contributed by atoms with E-state index in [1.165, 1.54) is 33.8 Å². The van der Waals surface area contributed by atoms with E-state index in [9.17, 15) is 29.3 Å². The molecule has 0 radical (unpaired) electrons. The van der Waals surface area contributed by atoms with Gasteiger partial charge in [0.15, 0.2) is 23.1 Å². The van der Waals surface area contributed by atoms with E-state index in [2.05, 4.69) is 0 Å². The van der Waals surface area contributed by atoms with E-state index in [4.69, 9.17) is 11.6 Å². The molecule has 0 spiro atoms. The molecule has 0 heterocycles. The van der Waals surface area contributed by atoms with Crippen LogP contribution in [0.5, 0.6) is 0 Å². The summed E-state index contributed by atoms with van der Waals surface area (Å²) in [5.41, 5.74) is -4.06. The minimum absolute atomic E-state index is 0.0420. The highest BCUT2D eigenvalue weighted by molar-refractivity contribution is 6.37. The van der Waals surface area contributed by atoms with Gasteiger partial charge in [-0.15, -0.1) is 0 Å². The summed E-state index contributed by atoms with van der Waals surface area (Å²) in [6, 6.07) is 3.36. The third kappa shape index (κ3) is 2.78. The second-order valence-electron chi connectivity index (χ2n) is 7.02. The summed E-state index contributed by atoms with van der Waals surface area (Å²) in [5, 5.41) is 11.2. The summed E-state index contributed by atoms with van der Waals surface area (Å²) >= 11 is 5.72. The zero-order valence-corrected chi connectivity index (χ0v) is 14.8. The standard InChI is InChI=1S/C17H16ClNO6/c1-16(2)13(21)11(14(22)17(3,4)15(16)23)12(20)9-6-5-8(18)7-10(9)19(24)25/h5-7,11H,1-4H3. The first-order valence-electron chi connectivity index (χ1n) is 7.45. The second kappa shape index (κ2) is 5.84. The summed E-state index contributed by atoms with van der Waals surface area (Å²) in [4.78, 5) is 61.0. The molecular weight excluding hydrogens is 350 g/mol. The molecule has 25 heavy (non-hydrogen) atoms. The average Bonchev–Trinajstić information content (AvgIpc) is 2.52. The molecule has 0 bridgehead atoms. The fourth-order valence-electron chi connectivity index (χ4n) is 3.10. The number of hydrogen-bond donors (Lipinski definition) is 0. The van der Waals surface area contributed by atoms with Crippen molar-refractivity contribution < 1.29 is 24.1 Å². The molecule has 0 unspecified atom stereocenters. The number of hydrogen-bond acceptors (Lipinski definition) is 6. The Morgan fingerprint density at radius 3 is 2.00 bits per heavy atom. The van der Waals surface area contributed by atoms with E-state index in [0.717, 1.165) is 12.1 Å². The van der Waals surface area contributed by atoms with Gasteiger partial charge in [-0.2, -0.15) is 0 Å². The number of nitro groups is 1. The topological polar surface area (TPSA) is 111 Å². The van der Waals surface area contributed by atoms with Gasteiger partial charge >= 0.3 is 0 Å². The fourth-order valence-corrected chi connectivity index (χ4v) is 3.27. The minimum Gasteiger partial charge on any atom is -0.297 e. The summed E-state index contributed by atoms with van der Waals surface area (Å²) in [6.45, 7) is 5.40. The van der Waals surface area contributed by atoms with E-state index >= 15 is 0 Å². The van der Waals surface area contributed by atoms with Gasteiger partial charge in [0, 0.05) is 11.1 Å². The number of nitro benzene ring substituents is 1. The van der Waals surface area contributed by atoms with Gasteiger partial charge in [0.2, 0.25) is 0 Å². The highest BCUT2D eigenvalue weighted by atomic mass is 35.5. The lowest BCUT2D eigenvalue weighted by Crippen LogP contribution is -2.59. The minimum atomic E-state index is -1.76. The maximum Gasteiger partial charge on any atom is 0.281 e. The SMILES string of the molecule is CC1(C)C(=O)C(C(=O)c2ccc(Cl)cc2[N+](=O)[O-])C(=O)C(C)(C)C1=O. The van der Waals surface area contributed by atoms with Crippen LogP contribution in [0.2, 0.25) is 5.02 Å². The molecule has 0 amide bonds. The van der Waals surface area contributed by atoms with E-state index in [1.54, 1.807) is 0 Å². The summed E-state index contributed by atoms with van der Waals surface area (Å²) in [7, 11) is 0. The van der Waals surface area contributed by atoms with Crippen LogP contribution in [0.1, 0.15) is 38.1 Å². The Morgan fingerprint density at radius 1 is 1.08 bits per heavy atom. The Kier molecular flexibility index (Phi) is 4.42. The van der Waals surface area contributed by atoms with Crippen LogP contribution in [0, 0.1) is 26.9 Å². The molecule has 1 saturated carbocycles. The largest absolute Gasteiger partial charge is 0.297 e. The molecule has 0 saturated heterocycles. The molecular formula is C17H16ClNO6. The maximum atomic E-state index is 12.8. The molecule has 1 aromatic rings. The van der Waals surface area contributed by atoms with Crippen molar-refractivity contribution in [1.82, 2.24) is 0 Å². The molecule has 1 aromatic carbocycles. The highest BCUT2D eigenvalue weighted by Gasteiger charge is 2.60. The second-order valence-corrected chi connectivity index (χ2v) is 7.46. The van der Waals surface area contributed by atoms with Crippen LogP contribution in [0.25, 0.3) is 0 Å². The lowest BCUT2D eigenvalue weighted by Gasteiger charge is -2.39. The van der Waals surface area contributed by atoms with Gasteiger partial charge in [0.1, 0.15) is 5.92 Å². The van der Waals surface area contributed by atoms with Crippen molar-refractivity contribution in [3.8, 4) is 0 Å². The van der Waals surface area contributed by atoms with Crippen LogP contribution in [0.3, 0.4) is 0 Å². The number of carbonyl (C=O) groups is 4. The van der Waals surface area contributed by atoms with Crippen molar-refractivity contribution in [3.05, 3.63) is 38.9 Å². The van der Waals surface area contributed by atoms with Crippen molar-refractivity contribution in [2.75, 3.05) is 0 Å². The fraction of sp³-hybridized carbons (Fsp3) is 0.412. The van der Waals surface area contributed by atoms with Gasteiger partial charge < -0.3 is 0 Å². The molecule has 1 aliphatic rings. The van der Waals surface area contributed by atoms with Gasteiger partial charge in [-0.25, -0.2) is 0 Å². The Hall–Kier alpha value is -2.41. The number of carbonyl (C=O) groups excluding carboxylic acids is 4. The number of ketones is 4. The van der Waals surface area contributed by atoms with Gasteiger partial charge in [-0.05, 0) is 39.8 Å². The van der Waals surface area contributed by atoms with Crippen molar-refractivity contribution >= 4 is 40.4 Å². The van der Waals surface area contributed by atoms with E-state index in [0.29, 0.717) is 0 Å².